The largest absolute Gasteiger partial charge is 0.466 e. The van der Waals surface area contributed by atoms with E-state index in [4.69, 9.17) is 9.47 Å². The van der Waals surface area contributed by atoms with Gasteiger partial charge in [-0.2, -0.15) is 0 Å². The zero-order chi connectivity index (χ0) is 12.0. The molecule has 0 spiro atoms. The SMILES string of the molecule is CCOC(=O)CC(C)N1CCCOC(C)C1. The molecule has 0 N–H and O–H groups in total. The third-order valence-corrected chi connectivity index (χ3v) is 2.87. The van der Waals surface area contributed by atoms with Crippen LogP contribution in [0.2, 0.25) is 0 Å². The standard InChI is InChI=1S/C12H23NO3/c1-4-15-12(14)8-10(2)13-6-5-7-16-11(3)9-13/h10-11H,4-9H2,1-3H3. The van der Waals surface area contributed by atoms with Crippen molar-refractivity contribution in [3.63, 3.8) is 0 Å². The van der Waals surface area contributed by atoms with E-state index in [-0.39, 0.29) is 18.1 Å². The molecule has 0 aromatic rings. The van der Waals surface area contributed by atoms with Crippen LogP contribution < -0.4 is 0 Å². The van der Waals surface area contributed by atoms with Gasteiger partial charge < -0.3 is 9.47 Å². The van der Waals surface area contributed by atoms with Crippen LogP contribution >= 0.6 is 0 Å². The van der Waals surface area contributed by atoms with Gasteiger partial charge in [0.1, 0.15) is 0 Å². The maximum atomic E-state index is 11.4. The molecule has 1 heterocycles. The third-order valence-electron chi connectivity index (χ3n) is 2.87. The monoisotopic (exact) mass is 229 g/mol. The summed E-state index contributed by atoms with van der Waals surface area (Å²) in [6.07, 6.45) is 1.77. The van der Waals surface area contributed by atoms with Crippen molar-refractivity contribution in [1.29, 1.82) is 0 Å². The summed E-state index contributed by atoms with van der Waals surface area (Å²) in [6.45, 7) is 9.19. The van der Waals surface area contributed by atoms with Crippen molar-refractivity contribution < 1.29 is 14.3 Å². The van der Waals surface area contributed by atoms with Gasteiger partial charge in [0.25, 0.3) is 0 Å². The molecule has 1 fully saturated rings. The minimum Gasteiger partial charge on any atom is -0.466 e. The summed E-state index contributed by atoms with van der Waals surface area (Å²) in [7, 11) is 0. The number of nitrogens with zero attached hydrogens (tertiary/aromatic N) is 1. The van der Waals surface area contributed by atoms with Crippen molar-refractivity contribution >= 4 is 5.97 Å². The molecule has 0 aromatic carbocycles. The van der Waals surface area contributed by atoms with E-state index in [0.29, 0.717) is 13.0 Å². The summed E-state index contributed by atoms with van der Waals surface area (Å²) in [6, 6.07) is 0.239. The van der Waals surface area contributed by atoms with E-state index in [9.17, 15) is 4.79 Å². The summed E-state index contributed by atoms with van der Waals surface area (Å²) < 4.78 is 10.5. The molecule has 1 saturated heterocycles. The molecule has 2 unspecified atom stereocenters. The number of carbonyl (C=O) groups excluding carboxylic acids is 1. The molecule has 0 aromatic heterocycles. The van der Waals surface area contributed by atoms with Crippen molar-refractivity contribution in [1.82, 2.24) is 4.90 Å². The van der Waals surface area contributed by atoms with Crippen LogP contribution in [0.5, 0.6) is 0 Å². The molecule has 0 radical (unpaired) electrons. The second-order valence-electron chi connectivity index (χ2n) is 4.39. The molecule has 4 nitrogen and oxygen atoms in total. The average Bonchev–Trinajstić information content (AvgIpc) is 2.43. The molecule has 0 bridgehead atoms. The van der Waals surface area contributed by atoms with E-state index in [1.807, 2.05) is 6.92 Å². The highest BCUT2D eigenvalue weighted by Gasteiger charge is 2.21. The van der Waals surface area contributed by atoms with Gasteiger partial charge in [-0.15, -0.1) is 0 Å². The molecular formula is C12H23NO3. The van der Waals surface area contributed by atoms with Crippen LogP contribution in [0.15, 0.2) is 0 Å². The Hall–Kier alpha value is -0.610. The molecule has 0 aliphatic carbocycles. The van der Waals surface area contributed by atoms with Crippen molar-refractivity contribution in [2.24, 2.45) is 0 Å². The Balaban J connectivity index is 2.38. The predicted molar refractivity (Wildman–Crippen MR) is 62.3 cm³/mol. The van der Waals surface area contributed by atoms with Crippen LogP contribution in [0.1, 0.15) is 33.6 Å². The Morgan fingerprint density at radius 2 is 2.38 bits per heavy atom. The zero-order valence-corrected chi connectivity index (χ0v) is 10.6. The van der Waals surface area contributed by atoms with E-state index in [2.05, 4.69) is 18.7 Å². The highest BCUT2D eigenvalue weighted by atomic mass is 16.5. The first kappa shape index (κ1) is 13.5. The lowest BCUT2D eigenvalue weighted by atomic mass is 10.2. The average molecular weight is 229 g/mol. The van der Waals surface area contributed by atoms with Gasteiger partial charge in [-0.25, -0.2) is 0 Å². The molecule has 4 heteroatoms. The Kier molecular flexibility index (Phi) is 5.77. The van der Waals surface area contributed by atoms with E-state index in [1.165, 1.54) is 0 Å². The number of esters is 1. The maximum Gasteiger partial charge on any atom is 0.307 e. The number of carbonyl (C=O) groups is 1. The number of ether oxygens (including phenoxy) is 2. The molecule has 0 saturated carbocycles. The Labute approximate surface area is 97.9 Å². The minimum absolute atomic E-state index is 0.104. The summed E-state index contributed by atoms with van der Waals surface area (Å²) in [5.74, 6) is -0.104. The molecular weight excluding hydrogens is 206 g/mol. The second kappa shape index (κ2) is 6.86. The second-order valence-corrected chi connectivity index (χ2v) is 4.39. The zero-order valence-electron chi connectivity index (χ0n) is 10.6. The lowest BCUT2D eigenvalue weighted by Crippen LogP contribution is -2.39. The topological polar surface area (TPSA) is 38.8 Å². The number of rotatable bonds is 4. The fourth-order valence-electron chi connectivity index (χ4n) is 2.02. The fourth-order valence-corrected chi connectivity index (χ4v) is 2.02. The minimum atomic E-state index is -0.104. The van der Waals surface area contributed by atoms with Gasteiger partial charge in [0.2, 0.25) is 0 Å². The van der Waals surface area contributed by atoms with Gasteiger partial charge in [-0.3, -0.25) is 9.69 Å². The fraction of sp³-hybridized carbons (Fsp3) is 0.917. The molecule has 2 atom stereocenters. The quantitative estimate of drug-likeness (QED) is 0.684. The molecule has 94 valence electrons. The number of hydrogen-bond donors (Lipinski definition) is 0. The van der Waals surface area contributed by atoms with Crippen LogP contribution in [0.4, 0.5) is 0 Å². The van der Waals surface area contributed by atoms with Gasteiger partial charge in [0.15, 0.2) is 0 Å². The first-order chi connectivity index (χ1) is 7.63. The molecule has 1 aliphatic heterocycles. The summed E-state index contributed by atoms with van der Waals surface area (Å²) in [4.78, 5) is 13.7. The first-order valence-corrected chi connectivity index (χ1v) is 6.14. The van der Waals surface area contributed by atoms with Crippen molar-refractivity contribution in [3.05, 3.63) is 0 Å². The molecule has 1 rings (SSSR count). The van der Waals surface area contributed by atoms with Crippen LogP contribution in [0.3, 0.4) is 0 Å². The first-order valence-electron chi connectivity index (χ1n) is 6.14. The summed E-state index contributed by atoms with van der Waals surface area (Å²) >= 11 is 0. The van der Waals surface area contributed by atoms with Gasteiger partial charge in [0, 0.05) is 25.7 Å². The van der Waals surface area contributed by atoms with Crippen LogP contribution in [0, 0.1) is 0 Å². The summed E-state index contributed by atoms with van der Waals surface area (Å²) in [5, 5.41) is 0. The van der Waals surface area contributed by atoms with E-state index in [0.717, 1.165) is 26.1 Å². The van der Waals surface area contributed by atoms with E-state index >= 15 is 0 Å². The smallest absolute Gasteiger partial charge is 0.307 e. The van der Waals surface area contributed by atoms with Gasteiger partial charge in [-0.05, 0) is 27.2 Å². The van der Waals surface area contributed by atoms with E-state index in [1.54, 1.807) is 0 Å². The Morgan fingerprint density at radius 1 is 1.62 bits per heavy atom. The lowest BCUT2D eigenvalue weighted by Gasteiger charge is -2.27. The summed E-state index contributed by atoms with van der Waals surface area (Å²) in [5.41, 5.74) is 0. The molecule has 0 amide bonds. The highest BCUT2D eigenvalue weighted by Crippen LogP contribution is 2.11. The maximum absolute atomic E-state index is 11.4. The molecule has 16 heavy (non-hydrogen) atoms. The van der Waals surface area contributed by atoms with Gasteiger partial charge >= 0.3 is 5.97 Å². The molecule has 1 aliphatic rings. The van der Waals surface area contributed by atoms with Crippen molar-refractivity contribution in [3.8, 4) is 0 Å². The van der Waals surface area contributed by atoms with Crippen LogP contribution in [0.25, 0.3) is 0 Å². The van der Waals surface area contributed by atoms with Crippen LogP contribution in [-0.4, -0.2) is 49.3 Å². The normalized spacial score (nSPS) is 24.8. The van der Waals surface area contributed by atoms with Crippen molar-refractivity contribution in [2.45, 2.75) is 45.8 Å². The number of hydrogen-bond acceptors (Lipinski definition) is 4. The third kappa shape index (κ3) is 4.49. The predicted octanol–water partition coefficient (Wildman–Crippen LogP) is 1.44. The van der Waals surface area contributed by atoms with E-state index < -0.39 is 0 Å². The van der Waals surface area contributed by atoms with Crippen molar-refractivity contribution in [2.75, 3.05) is 26.3 Å². The van der Waals surface area contributed by atoms with Gasteiger partial charge in [0.05, 0.1) is 19.1 Å². The Bertz CT molecular complexity index is 220. The highest BCUT2D eigenvalue weighted by molar-refractivity contribution is 5.70. The van der Waals surface area contributed by atoms with Gasteiger partial charge in [-0.1, -0.05) is 0 Å². The van der Waals surface area contributed by atoms with Crippen LogP contribution in [-0.2, 0) is 14.3 Å². The lowest BCUT2D eigenvalue weighted by molar-refractivity contribution is -0.144. The Morgan fingerprint density at radius 3 is 3.06 bits per heavy atom.